The topological polar surface area (TPSA) is 74.6 Å². The van der Waals surface area contributed by atoms with E-state index in [1.165, 1.54) is 0 Å². The van der Waals surface area contributed by atoms with Crippen molar-refractivity contribution in [1.82, 2.24) is 0 Å². The van der Waals surface area contributed by atoms with Crippen LogP contribution in [0.15, 0.2) is 6.07 Å². The Morgan fingerprint density at radius 3 is 1.53 bits per heavy atom. The van der Waals surface area contributed by atoms with Gasteiger partial charge in [0, 0.05) is 0 Å². The molecule has 0 fully saturated rings. The zero-order valence-electron chi connectivity index (χ0n) is 6.92. The zero-order chi connectivity index (χ0) is 11.7. The summed E-state index contributed by atoms with van der Waals surface area (Å²) in [7, 11) is 0. The van der Waals surface area contributed by atoms with Crippen LogP contribution in [-0.4, -0.2) is 22.2 Å². The molecule has 0 atom stereocenters. The van der Waals surface area contributed by atoms with Gasteiger partial charge < -0.3 is 10.2 Å². The van der Waals surface area contributed by atoms with E-state index in [9.17, 15) is 9.59 Å². The fourth-order valence-electron chi connectivity index (χ4n) is 0.982. The molecule has 0 amide bonds. The van der Waals surface area contributed by atoms with Crippen LogP contribution in [0.1, 0.15) is 20.7 Å². The molecule has 80 valence electrons. The molecule has 0 bridgehead atoms. The minimum atomic E-state index is -1.41. The number of halogens is 3. The third-order valence-corrected chi connectivity index (χ3v) is 2.57. The Balaban J connectivity index is 3.64. The summed E-state index contributed by atoms with van der Waals surface area (Å²) < 4.78 is 0. The molecule has 1 rings (SSSR count). The summed E-state index contributed by atoms with van der Waals surface area (Å²) in [6, 6.07) is 1.03. The van der Waals surface area contributed by atoms with Crippen LogP contribution in [0.3, 0.4) is 0 Å². The standard InChI is InChI=1S/C8H3Cl3O4/c9-2-1-3(10)5(8(14)15)6(11)4(2)7(12)13/h1H,(H,12,13)(H,14,15). The minimum Gasteiger partial charge on any atom is -0.478 e. The normalized spacial score (nSPS) is 10.1. The fraction of sp³-hybridized carbons (Fsp3) is 0. The van der Waals surface area contributed by atoms with Crippen LogP contribution < -0.4 is 0 Å². The first-order valence-corrected chi connectivity index (χ1v) is 4.63. The number of rotatable bonds is 2. The van der Waals surface area contributed by atoms with Gasteiger partial charge in [-0.3, -0.25) is 0 Å². The molecule has 0 unspecified atom stereocenters. The van der Waals surface area contributed by atoms with E-state index < -0.39 is 28.1 Å². The van der Waals surface area contributed by atoms with E-state index in [2.05, 4.69) is 0 Å². The molecular weight excluding hydrogens is 266 g/mol. The molecule has 1 aromatic rings. The largest absolute Gasteiger partial charge is 0.478 e. The van der Waals surface area contributed by atoms with Gasteiger partial charge in [-0.05, 0) is 6.07 Å². The van der Waals surface area contributed by atoms with E-state index >= 15 is 0 Å². The van der Waals surface area contributed by atoms with Gasteiger partial charge in [-0.1, -0.05) is 34.8 Å². The fourth-order valence-corrected chi connectivity index (χ4v) is 2.07. The van der Waals surface area contributed by atoms with Gasteiger partial charge in [-0.25, -0.2) is 9.59 Å². The van der Waals surface area contributed by atoms with E-state index in [1.807, 2.05) is 0 Å². The predicted octanol–water partition coefficient (Wildman–Crippen LogP) is 3.04. The van der Waals surface area contributed by atoms with Crippen molar-refractivity contribution in [1.29, 1.82) is 0 Å². The maximum absolute atomic E-state index is 10.7. The molecule has 0 radical (unpaired) electrons. The Bertz CT molecular complexity index is 417. The molecule has 0 aliphatic carbocycles. The second-order valence-corrected chi connectivity index (χ2v) is 3.71. The first-order valence-electron chi connectivity index (χ1n) is 3.50. The van der Waals surface area contributed by atoms with E-state index in [1.54, 1.807) is 0 Å². The second-order valence-electron chi connectivity index (χ2n) is 2.51. The summed E-state index contributed by atoms with van der Waals surface area (Å²) in [6.07, 6.45) is 0. The zero-order valence-corrected chi connectivity index (χ0v) is 9.19. The van der Waals surface area contributed by atoms with Crippen molar-refractivity contribution in [2.45, 2.75) is 0 Å². The second kappa shape index (κ2) is 4.26. The van der Waals surface area contributed by atoms with Gasteiger partial charge in [-0.15, -0.1) is 0 Å². The monoisotopic (exact) mass is 268 g/mol. The summed E-state index contributed by atoms with van der Waals surface area (Å²) in [5, 5.41) is 16.6. The number of hydrogen-bond acceptors (Lipinski definition) is 2. The summed E-state index contributed by atoms with van der Waals surface area (Å²) in [5.41, 5.74) is -0.944. The molecule has 0 spiro atoms. The van der Waals surface area contributed by atoms with Crippen LogP contribution in [0.25, 0.3) is 0 Å². The molecule has 4 nitrogen and oxygen atoms in total. The highest BCUT2D eigenvalue weighted by molar-refractivity contribution is 6.44. The highest BCUT2D eigenvalue weighted by Crippen LogP contribution is 2.33. The highest BCUT2D eigenvalue weighted by atomic mass is 35.5. The van der Waals surface area contributed by atoms with Crippen LogP contribution in [0.4, 0.5) is 0 Å². The van der Waals surface area contributed by atoms with Crippen LogP contribution in [0.2, 0.25) is 15.1 Å². The van der Waals surface area contributed by atoms with Crippen molar-refractivity contribution >= 4 is 46.7 Å². The predicted molar refractivity (Wildman–Crippen MR) is 55.4 cm³/mol. The van der Waals surface area contributed by atoms with Gasteiger partial charge in [0.15, 0.2) is 0 Å². The summed E-state index contributed by atoms with van der Waals surface area (Å²) >= 11 is 16.7. The minimum absolute atomic E-state index is 0.206. The van der Waals surface area contributed by atoms with Crippen molar-refractivity contribution in [3.8, 4) is 0 Å². The Hall–Kier alpha value is -0.970. The molecule has 1 aromatic carbocycles. The Morgan fingerprint density at radius 2 is 1.27 bits per heavy atom. The third-order valence-electron chi connectivity index (χ3n) is 1.60. The Morgan fingerprint density at radius 1 is 0.933 bits per heavy atom. The molecule has 15 heavy (non-hydrogen) atoms. The maximum Gasteiger partial charge on any atom is 0.338 e. The summed E-state index contributed by atoms with van der Waals surface area (Å²) in [4.78, 5) is 21.4. The number of carboxylic acid groups (broad SMARTS) is 2. The van der Waals surface area contributed by atoms with Crippen LogP contribution in [0, 0.1) is 0 Å². The molecule has 0 heterocycles. The number of carboxylic acids is 2. The van der Waals surface area contributed by atoms with Gasteiger partial charge in [0.1, 0.15) is 0 Å². The van der Waals surface area contributed by atoms with Gasteiger partial charge in [0.05, 0.1) is 26.2 Å². The molecule has 0 aromatic heterocycles. The van der Waals surface area contributed by atoms with Crippen LogP contribution in [-0.2, 0) is 0 Å². The lowest BCUT2D eigenvalue weighted by molar-refractivity contribution is 0.0696. The van der Waals surface area contributed by atoms with E-state index in [-0.39, 0.29) is 10.0 Å². The van der Waals surface area contributed by atoms with Crippen molar-refractivity contribution in [2.24, 2.45) is 0 Å². The lowest BCUT2D eigenvalue weighted by atomic mass is 10.1. The quantitative estimate of drug-likeness (QED) is 0.865. The third kappa shape index (κ3) is 2.17. The molecule has 0 aliphatic rings. The van der Waals surface area contributed by atoms with Gasteiger partial charge in [0.2, 0.25) is 0 Å². The lowest BCUT2D eigenvalue weighted by Crippen LogP contribution is -2.06. The van der Waals surface area contributed by atoms with Gasteiger partial charge in [-0.2, -0.15) is 0 Å². The summed E-state index contributed by atoms with van der Waals surface area (Å²) in [5.74, 6) is -2.83. The number of aromatic carboxylic acids is 2. The number of carbonyl (C=O) groups is 2. The molecule has 0 saturated heterocycles. The van der Waals surface area contributed by atoms with E-state index in [0.29, 0.717) is 0 Å². The van der Waals surface area contributed by atoms with Crippen LogP contribution >= 0.6 is 34.8 Å². The van der Waals surface area contributed by atoms with E-state index in [0.717, 1.165) is 6.07 Å². The van der Waals surface area contributed by atoms with Crippen molar-refractivity contribution < 1.29 is 19.8 Å². The molecule has 7 heteroatoms. The number of hydrogen-bond donors (Lipinski definition) is 2. The Labute approximate surface area is 99.0 Å². The molecular formula is C8H3Cl3O4. The highest BCUT2D eigenvalue weighted by Gasteiger charge is 2.23. The van der Waals surface area contributed by atoms with Crippen molar-refractivity contribution in [3.05, 3.63) is 32.3 Å². The molecule has 2 N–H and O–H groups in total. The smallest absolute Gasteiger partial charge is 0.338 e. The Kier molecular flexibility index (Phi) is 3.44. The molecule has 0 aliphatic heterocycles. The SMILES string of the molecule is O=C(O)c1c(Cl)cc(Cl)c(C(=O)O)c1Cl. The van der Waals surface area contributed by atoms with Crippen molar-refractivity contribution in [2.75, 3.05) is 0 Å². The van der Waals surface area contributed by atoms with Crippen molar-refractivity contribution in [3.63, 3.8) is 0 Å². The lowest BCUT2D eigenvalue weighted by Gasteiger charge is -2.07. The average Bonchev–Trinajstić information content (AvgIpc) is 1.99. The van der Waals surface area contributed by atoms with Crippen LogP contribution in [0.5, 0.6) is 0 Å². The summed E-state index contributed by atoms with van der Waals surface area (Å²) in [6.45, 7) is 0. The first kappa shape index (κ1) is 12.1. The van der Waals surface area contributed by atoms with E-state index in [4.69, 9.17) is 45.0 Å². The van der Waals surface area contributed by atoms with Gasteiger partial charge in [0.25, 0.3) is 0 Å². The average molecular weight is 269 g/mol. The molecule has 0 saturated carbocycles. The van der Waals surface area contributed by atoms with Gasteiger partial charge >= 0.3 is 11.9 Å². The first-order chi connectivity index (χ1) is 6.86. The maximum atomic E-state index is 10.7. The number of benzene rings is 1.